The molecule has 0 aliphatic heterocycles. The Morgan fingerprint density at radius 3 is 2.30 bits per heavy atom. The summed E-state index contributed by atoms with van der Waals surface area (Å²) in [5.41, 5.74) is 0. The number of ether oxygens (including phenoxy) is 1. The first-order valence-corrected chi connectivity index (χ1v) is 4.04. The van der Waals surface area contributed by atoms with E-state index >= 15 is 0 Å². The highest BCUT2D eigenvalue weighted by Gasteiger charge is 2.06. The van der Waals surface area contributed by atoms with Gasteiger partial charge in [0, 0.05) is 0 Å². The molecule has 2 nitrogen and oxygen atoms in total. The molecule has 1 N–H and O–H groups in total. The maximum absolute atomic E-state index is 8.86. The fourth-order valence-electron chi connectivity index (χ4n) is 0.969. The molecule has 0 aliphatic rings. The van der Waals surface area contributed by atoms with Crippen molar-refractivity contribution in [2.45, 2.75) is 52.4 Å². The molecule has 0 bridgehead atoms. The summed E-state index contributed by atoms with van der Waals surface area (Å²) in [6.45, 7) is 5.84. The fourth-order valence-corrected chi connectivity index (χ4v) is 0.969. The molecular formula is C8H18O2. The van der Waals surface area contributed by atoms with Crippen LogP contribution in [0.1, 0.15) is 40.0 Å². The van der Waals surface area contributed by atoms with Crippen molar-refractivity contribution in [1.82, 2.24) is 0 Å². The zero-order valence-corrected chi connectivity index (χ0v) is 7.13. The molecule has 2 unspecified atom stereocenters. The Morgan fingerprint density at radius 2 is 2.00 bits per heavy atom. The summed E-state index contributed by atoms with van der Waals surface area (Å²) in [5.74, 6) is 0. The summed E-state index contributed by atoms with van der Waals surface area (Å²) >= 11 is 0. The van der Waals surface area contributed by atoms with Gasteiger partial charge >= 0.3 is 0 Å². The number of aliphatic hydroxyl groups excluding tert-OH is 1. The highest BCUT2D eigenvalue weighted by Crippen LogP contribution is 2.07. The third-order valence-electron chi connectivity index (χ3n) is 1.46. The van der Waals surface area contributed by atoms with Gasteiger partial charge in [0.15, 0.2) is 6.29 Å². The minimum Gasteiger partial charge on any atom is -0.368 e. The third kappa shape index (κ3) is 4.77. The topological polar surface area (TPSA) is 29.5 Å². The highest BCUT2D eigenvalue weighted by molar-refractivity contribution is 4.53. The second kappa shape index (κ2) is 5.69. The minimum atomic E-state index is -0.614. The molecule has 62 valence electrons. The summed E-state index contributed by atoms with van der Waals surface area (Å²) in [6.07, 6.45) is 2.77. The van der Waals surface area contributed by atoms with E-state index in [0.717, 1.165) is 19.3 Å². The molecular weight excluding hydrogens is 128 g/mol. The number of hydrogen-bond acceptors (Lipinski definition) is 2. The average Bonchev–Trinajstić information content (AvgIpc) is 1.86. The predicted octanol–water partition coefficient (Wildman–Crippen LogP) is 1.92. The average molecular weight is 146 g/mol. The molecule has 0 saturated carbocycles. The minimum absolute atomic E-state index is 0.241. The fraction of sp³-hybridized carbons (Fsp3) is 1.00. The van der Waals surface area contributed by atoms with E-state index in [4.69, 9.17) is 9.84 Å². The van der Waals surface area contributed by atoms with E-state index in [1.165, 1.54) is 0 Å². The van der Waals surface area contributed by atoms with Crippen molar-refractivity contribution in [3.63, 3.8) is 0 Å². The Balaban J connectivity index is 3.39. The van der Waals surface area contributed by atoms with E-state index in [1.807, 2.05) is 0 Å². The quantitative estimate of drug-likeness (QED) is 0.600. The smallest absolute Gasteiger partial charge is 0.152 e. The number of aliphatic hydroxyl groups is 1. The molecule has 0 aromatic heterocycles. The normalized spacial score (nSPS) is 16.8. The molecule has 0 aromatic carbocycles. The molecule has 2 heteroatoms. The number of rotatable bonds is 5. The van der Waals surface area contributed by atoms with Crippen molar-refractivity contribution in [3.05, 3.63) is 0 Å². The summed E-state index contributed by atoms with van der Waals surface area (Å²) in [7, 11) is 0. The lowest BCUT2D eigenvalue weighted by atomic mass is 10.2. The molecule has 10 heavy (non-hydrogen) atoms. The summed E-state index contributed by atoms with van der Waals surface area (Å²) in [5, 5.41) is 8.86. The highest BCUT2D eigenvalue weighted by atomic mass is 16.6. The van der Waals surface area contributed by atoms with Crippen LogP contribution in [-0.4, -0.2) is 17.5 Å². The van der Waals surface area contributed by atoms with Crippen LogP contribution >= 0.6 is 0 Å². The van der Waals surface area contributed by atoms with Crippen LogP contribution in [0.15, 0.2) is 0 Å². The Kier molecular flexibility index (Phi) is 5.64. The van der Waals surface area contributed by atoms with Crippen LogP contribution in [0.3, 0.4) is 0 Å². The van der Waals surface area contributed by atoms with Gasteiger partial charge in [-0.2, -0.15) is 0 Å². The Hall–Kier alpha value is -0.0800. The third-order valence-corrected chi connectivity index (χ3v) is 1.46. The van der Waals surface area contributed by atoms with Gasteiger partial charge < -0.3 is 9.84 Å². The standard InChI is InChI=1S/C8H18O2/c1-4-6-8(5-2)10-7(3)9/h7-9H,4-6H2,1-3H3. The van der Waals surface area contributed by atoms with Gasteiger partial charge in [-0.3, -0.25) is 0 Å². The molecule has 0 rings (SSSR count). The Bertz CT molecular complexity index is 71.7. The molecule has 0 aromatic rings. The van der Waals surface area contributed by atoms with Gasteiger partial charge in [-0.25, -0.2) is 0 Å². The summed E-state index contributed by atoms with van der Waals surface area (Å²) < 4.78 is 5.20. The summed E-state index contributed by atoms with van der Waals surface area (Å²) in [6, 6.07) is 0. The Labute approximate surface area is 63.2 Å². The van der Waals surface area contributed by atoms with Gasteiger partial charge in [-0.1, -0.05) is 20.3 Å². The lowest BCUT2D eigenvalue weighted by molar-refractivity contribution is -0.126. The Morgan fingerprint density at radius 1 is 1.40 bits per heavy atom. The lowest BCUT2D eigenvalue weighted by Crippen LogP contribution is -2.18. The largest absolute Gasteiger partial charge is 0.368 e. The second-order valence-corrected chi connectivity index (χ2v) is 2.55. The molecule has 0 fully saturated rings. The molecule has 0 radical (unpaired) electrons. The maximum Gasteiger partial charge on any atom is 0.152 e. The van der Waals surface area contributed by atoms with Crippen LogP contribution in [0.2, 0.25) is 0 Å². The second-order valence-electron chi connectivity index (χ2n) is 2.55. The van der Waals surface area contributed by atoms with Gasteiger partial charge in [-0.05, 0) is 19.8 Å². The van der Waals surface area contributed by atoms with Crippen molar-refractivity contribution < 1.29 is 9.84 Å². The number of hydrogen-bond donors (Lipinski definition) is 1. The van der Waals surface area contributed by atoms with Crippen LogP contribution in [0.5, 0.6) is 0 Å². The summed E-state index contributed by atoms with van der Waals surface area (Å²) in [4.78, 5) is 0. The zero-order valence-electron chi connectivity index (χ0n) is 7.13. The molecule has 0 aliphatic carbocycles. The van der Waals surface area contributed by atoms with Crippen LogP contribution in [0.4, 0.5) is 0 Å². The van der Waals surface area contributed by atoms with E-state index in [-0.39, 0.29) is 6.10 Å². The van der Waals surface area contributed by atoms with E-state index < -0.39 is 6.29 Å². The van der Waals surface area contributed by atoms with Gasteiger partial charge in [-0.15, -0.1) is 0 Å². The predicted molar refractivity (Wildman–Crippen MR) is 41.8 cm³/mol. The monoisotopic (exact) mass is 146 g/mol. The van der Waals surface area contributed by atoms with Gasteiger partial charge in [0.05, 0.1) is 6.10 Å². The van der Waals surface area contributed by atoms with Gasteiger partial charge in [0.1, 0.15) is 0 Å². The first kappa shape index (κ1) is 9.92. The lowest BCUT2D eigenvalue weighted by Gasteiger charge is -2.16. The van der Waals surface area contributed by atoms with E-state index in [1.54, 1.807) is 6.92 Å². The maximum atomic E-state index is 8.86. The van der Waals surface area contributed by atoms with Crippen molar-refractivity contribution in [3.8, 4) is 0 Å². The first-order valence-electron chi connectivity index (χ1n) is 4.04. The SMILES string of the molecule is CCCC(CC)OC(C)O. The van der Waals surface area contributed by atoms with Crippen molar-refractivity contribution >= 4 is 0 Å². The van der Waals surface area contributed by atoms with Crippen LogP contribution in [-0.2, 0) is 4.74 Å². The molecule has 2 atom stereocenters. The van der Waals surface area contributed by atoms with Crippen LogP contribution < -0.4 is 0 Å². The molecule has 0 heterocycles. The zero-order chi connectivity index (χ0) is 7.98. The van der Waals surface area contributed by atoms with Crippen molar-refractivity contribution in [1.29, 1.82) is 0 Å². The van der Waals surface area contributed by atoms with Crippen LogP contribution in [0, 0.1) is 0 Å². The van der Waals surface area contributed by atoms with Crippen molar-refractivity contribution in [2.75, 3.05) is 0 Å². The molecule has 0 saturated heterocycles. The first-order chi connectivity index (χ1) is 4.70. The van der Waals surface area contributed by atoms with E-state index in [9.17, 15) is 0 Å². The van der Waals surface area contributed by atoms with E-state index in [0.29, 0.717) is 0 Å². The van der Waals surface area contributed by atoms with Crippen molar-refractivity contribution in [2.24, 2.45) is 0 Å². The van der Waals surface area contributed by atoms with Gasteiger partial charge in [0.2, 0.25) is 0 Å². The molecule has 0 amide bonds. The van der Waals surface area contributed by atoms with Gasteiger partial charge in [0.25, 0.3) is 0 Å². The van der Waals surface area contributed by atoms with E-state index in [2.05, 4.69) is 13.8 Å². The molecule has 0 spiro atoms. The van der Waals surface area contributed by atoms with Crippen LogP contribution in [0.25, 0.3) is 0 Å².